The second kappa shape index (κ2) is 8.14. The van der Waals surface area contributed by atoms with Gasteiger partial charge in [0.1, 0.15) is 11.5 Å². The van der Waals surface area contributed by atoms with Crippen LogP contribution in [0.5, 0.6) is 11.5 Å². The van der Waals surface area contributed by atoms with Crippen molar-refractivity contribution in [2.24, 2.45) is 0 Å². The van der Waals surface area contributed by atoms with Gasteiger partial charge in [-0.15, -0.1) is 0 Å². The molecule has 0 bridgehead atoms. The molecule has 0 radical (unpaired) electrons. The van der Waals surface area contributed by atoms with E-state index in [4.69, 9.17) is 9.47 Å². The lowest BCUT2D eigenvalue weighted by Gasteiger charge is -2.11. The Hall–Kier alpha value is -3.09. The maximum Gasteiger partial charge on any atom is 0.271 e. The zero-order valence-electron chi connectivity index (χ0n) is 14.3. The summed E-state index contributed by atoms with van der Waals surface area (Å²) >= 11 is 0. The van der Waals surface area contributed by atoms with E-state index in [0.29, 0.717) is 17.4 Å². The smallest absolute Gasteiger partial charge is 0.271 e. The molecule has 7 nitrogen and oxygen atoms in total. The number of ether oxygens (including phenoxy) is 2. The molecule has 7 heteroatoms. The molecule has 0 aliphatic carbocycles. The minimum Gasteiger partial charge on any atom is -0.495 e. The molecule has 0 fully saturated rings. The number of nitro benzene ring substituents is 1. The highest BCUT2D eigenvalue weighted by molar-refractivity contribution is 5.93. The van der Waals surface area contributed by atoms with Crippen molar-refractivity contribution in [3.05, 3.63) is 58.1 Å². The monoisotopic (exact) mass is 344 g/mol. The van der Waals surface area contributed by atoms with E-state index in [1.165, 1.54) is 30.9 Å². The number of hydrogen-bond acceptors (Lipinski definition) is 5. The number of non-ortho nitro benzene ring substituents is 1. The molecule has 0 saturated heterocycles. The third kappa shape index (κ3) is 4.94. The molecule has 132 valence electrons. The number of nitrogens with one attached hydrogen (secondary N) is 1. The van der Waals surface area contributed by atoms with Crippen molar-refractivity contribution in [2.45, 2.75) is 19.8 Å². The number of anilines is 1. The predicted molar refractivity (Wildman–Crippen MR) is 94.3 cm³/mol. The summed E-state index contributed by atoms with van der Waals surface area (Å²) < 4.78 is 10.5. The molecule has 1 amide bonds. The van der Waals surface area contributed by atoms with Crippen LogP contribution in [0.1, 0.15) is 25.3 Å². The second-order valence-corrected chi connectivity index (χ2v) is 5.70. The number of nitro groups is 1. The average molecular weight is 344 g/mol. The molecule has 0 atom stereocenters. The highest BCUT2D eigenvalue weighted by Crippen LogP contribution is 2.28. The van der Waals surface area contributed by atoms with Crippen LogP contribution in [-0.2, 0) is 4.79 Å². The van der Waals surface area contributed by atoms with E-state index in [1.807, 2.05) is 12.1 Å². The summed E-state index contributed by atoms with van der Waals surface area (Å²) in [7, 11) is 1.42. The van der Waals surface area contributed by atoms with Crippen LogP contribution >= 0.6 is 0 Å². The normalized spacial score (nSPS) is 10.4. The molecule has 0 aliphatic rings. The molecule has 2 rings (SSSR count). The van der Waals surface area contributed by atoms with Crippen molar-refractivity contribution in [1.29, 1.82) is 0 Å². The molecule has 0 aliphatic heterocycles. The average Bonchev–Trinajstić information content (AvgIpc) is 2.60. The first-order valence-electron chi connectivity index (χ1n) is 7.75. The zero-order chi connectivity index (χ0) is 18.4. The molecule has 25 heavy (non-hydrogen) atoms. The van der Waals surface area contributed by atoms with Gasteiger partial charge >= 0.3 is 0 Å². The molecule has 0 aromatic heterocycles. The van der Waals surface area contributed by atoms with Crippen LogP contribution in [0.3, 0.4) is 0 Å². The molecule has 0 spiro atoms. The molecule has 1 N–H and O–H groups in total. The lowest BCUT2D eigenvalue weighted by Crippen LogP contribution is -2.20. The number of benzene rings is 2. The van der Waals surface area contributed by atoms with Gasteiger partial charge in [0, 0.05) is 12.1 Å². The van der Waals surface area contributed by atoms with Crippen LogP contribution in [0.25, 0.3) is 0 Å². The van der Waals surface area contributed by atoms with Gasteiger partial charge in [-0.05, 0) is 29.7 Å². The van der Waals surface area contributed by atoms with Crippen molar-refractivity contribution in [2.75, 3.05) is 19.0 Å². The van der Waals surface area contributed by atoms with E-state index in [-0.39, 0.29) is 18.0 Å². The van der Waals surface area contributed by atoms with E-state index in [0.717, 1.165) is 0 Å². The third-order valence-electron chi connectivity index (χ3n) is 3.58. The predicted octanol–water partition coefficient (Wildman–Crippen LogP) is 3.74. The van der Waals surface area contributed by atoms with Crippen LogP contribution in [0, 0.1) is 10.1 Å². The lowest BCUT2D eigenvalue weighted by atomic mass is 10.0. The third-order valence-corrected chi connectivity index (χ3v) is 3.58. The van der Waals surface area contributed by atoms with E-state index >= 15 is 0 Å². The highest BCUT2D eigenvalue weighted by Gasteiger charge is 2.14. The summed E-state index contributed by atoms with van der Waals surface area (Å²) in [6, 6.07) is 11.5. The minimum absolute atomic E-state index is 0.138. The van der Waals surface area contributed by atoms with Crippen LogP contribution in [0.15, 0.2) is 42.5 Å². The first-order chi connectivity index (χ1) is 11.9. The Morgan fingerprint density at radius 1 is 1.20 bits per heavy atom. The molecule has 2 aromatic rings. The van der Waals surface area contributed by atoms with Gasteiger partial charge in [0.05, 0.1) is 17.7 Å². The Morgan fingerprint density at radius 2 is 1.88 bits per heavy atom. The SMILES string of the molecule is COc1ccc([N+](=O)[O-])cc1NC(=O)COc1ccc(C(C)C)cc1. The van der Waals surface area contributed by atoms with Gasteiger partial charge in [-0.2, -0.15) is 0 Å². The summed E-state index contributed by atoms with van der Waals surface area (Å²) in [5.41, 5.74) is 1.26. The number of nitrogens with zero attached hydrogens (tertiary/aromatic N) is 1. The molecule has 0 saturated carbocycles. The van der Waals surface area contributed by atoms with Crippen molar-refractivity contribution >= 4 is 17.3 Å². The summed E-state index contributed by atoms with van der Waals surface area (Å²) in [4.78, 5) is 22.4. The van der Waals surface area contributed by atoms with Gasteiger partial charge in [-0.3, -0.25) is 14.9 Å². The van der Waals surface area contributed by atoms with Crippen LogP contribution in [-0.4, -0.2) is 24.5 Å². The van der Waals surface area contributed by atoms with Crippen LogP contribution in [0.4, 0.5) is 11.4 Å². The van der Waals surface area contributed by atoms with Gasteiger partial charge in [0.15, 0.2) is 6.61 Å². The Labute approximate surface area is 145 Å². The van der Waals surface area contributed by atoms with E-state index in [9.17, 15) is 14.9 Å². The summed E-state index contributed by atoms with van der Waals surface area (Å²) in [6.07, 6.45) is 0. The molecular formula is C18H20N2O5. The molecule has 0 unspecified atom stereocenters. The van der Waals surface area contributed by atoms with Gasteiger partial charge in [-0.1, -0.05) is 26.0 Å². The largest absolute Gasteiger partial charge is 0.495 e. The van der Waals surface area contributed by atoms with Crippen LogP contribution in [0.2, 0.25) is 0 Å². The number of amides is 1. The maximum absolute atomic E-state index is 12.0. The molecule has 2 aromatic carbocycles. The topological polar surface area (TPSA) is 90.7 Å². The molecular weight excluding hydrogens is 324 g/mol. The van der Waals surface area contributed by atoms with E-state index in [2.05, 4.69) is 19.2 Å². The zero-order valence-corrected chi connectivity index (χ0v) is 14.3. The quantitative estimate of drug-likeness (QED) is 0.610. The van der Waals surface area contributed by atoms with Crippen molar-refractivity contribution in [3.8, 4) is 11.5 Å². The number of methoxy groups -OCH3 is 1. The van der Waals surface area contributed by atoms with Crippen LogP contribution < -0.4 is 14.8 Å². The highest BCUT2D eigenvalue weighted by atomic mass is 16.6. The number of carbonyl (C=O) groups excluding carboxylic acids is 1. The Kier molecular flexibility index (Phi) is 5.94. The number of rotatable bonds is 7. The fraction of sp³-hybridized carbons (Fsp3) is 0.278. The Morgan fingerprint density at radius 3 is 2.44 bits per heavy atom. The second-order valence-electron chi connectivity index (χ2n) is 5.70. The van der Waals surface area contributed by atoms with E-state index in [1.54, 1.807) is 12.1 Å². The molecule has 0 heterocycles. The lowest BCUT2D eigenvalue weighted by molar-refractivity contribution is -0.384. The fourth-order valence-corrected chi connectivity index (χ4v) is 2.19. The van der Waals surface area contributed by atoms with Crippen molar-refractivity contribution in [3.63, 3.8) is 0 Å². The summed E-state index contributed by atoms with van der Waals surface area (Å²) in [6.45, 7) is 3.97. The van der Waals surface area contributed by atoms with Gasteiger partial charge in [-0.25, -0.2) is 0 Å². The Bertz CT molecular complexity index is 757. The minimum atomic E-state index is -0.540. The standard InChI is InChI=1S/C18H20N2O5/c1-12(2)13-4-7-15(8-5-13)25-11-18(21)19-16-10-14(20(22)23)6-9-17(16)24-3/h4-10,12H,11H2,1-3H3,(H,19,21). The summed E-state index contributed by atoms with van der Waals surface area (Å²) in [5, 5.41) is 13.4. The van der Waals surface area contributed by atoms with Gasteiger partial charge in [0.25, 0.3) is 11.6 Å². The van der Waals surface area contributed by atoms with Gasteiger partial charge < -0.3 is 14.8 Å². The van der Waals surface area contributed by atoms with Crippen molar-refractivity contribution < 1.29 is 19.2 Å². The maximum atomic E-state index is 12.0. The number of hydrogen-bond donors (Lipinski definition) is 1. The Balaban J connectivity index is 2.00. The fourth-order valence-electron chi connectivity index (χ4n) is 2.19. The summed E-state index contributed by atoms with van der Waals surface area (Å²) in [5.74, 6) is 0.885. The van der Waals surface area contributed by atoms with Gasteiger partial charge in [0.2, 0.25) is 0 Å². The first-order valence-corrected chi connectivity index (χ1v) is 7.75. The van der Waals surface area contributed by atoms with Crippen molar-refractivity contribution in [1.82, 2.24) is 0 Å². The number of carbonyl (C=O) groups is 1. The first kappa shape index (κ1) is 18.3. The van der Waals surface area contributed by atoms with E-state index < -0.39 is 10.8 Å².